The predicted molar refractivity (Wildman–Crippen MR) is 102 cm³/mol. The highest BCUT2D eigenvalue weighted by Gasteiger charge is 2.08. The molecule has 1 aromatic heterocycles. The molecule has 0 bridgehead atoms. The van der Waals surface area contributed by atoms with Crippen molar-refractivity contribution in [2.45, 2.75) is 46.5 Å². The number of aryl methyl sites for hydroxylation is 1. The van der Waals surface area contributed by atoms with Crippen molar-refractivity contribution in [3.05, 3.63) is 76.6 Å². The summed E-state index contributed by atoms with van der Waals surface area (Å²) < 4.78 is 0. The molecule has 0 unspecified atom stereocenters. The normalized spacial score (nSPS) is 12.3. The minimum Gasteiger partial charge on any atom is -0.361 e. The van der Waals surface area contributed by atoms with E-state index >= 15 is 0 Å². The summed E-state index contributed by atoms with van der Waals surface area (Å²) in [6, 6.07) is 10.1. The fourth-order valence-electron chi connectivity index (χ4n) is 2.70. The predicted octanol–water partition coefficient (Wildman–Crippen LogP) is 5.93. The van der Waals surface area contributed by atoms with Crippen LogP contribution in [0.1, 0.15) is 67.2 Å². The highest BCUT2D eigenvalue weighted by Crippen LogP contribution is 2.17. The highest BCUT2D eigenvalue weighted by atomic mass is 16.1. The summed E-state index contributed by atoms with van der Waals surface area (Å²) in [5.41, 5.74) is 5.52. The molecule has 0 aliphatic rings. The second kappa shape index (κ2) is 8.49. The summed E-state index contributed by atoms with van der Waals surface area (Å²) >= 11 is 0. The number of hydrogen-bond donors (Lipinski definition) is 1. The van der Waals surface area contributed by atoms with Crippen LogP contribution < -0.4 is 0 Å². The van der Waals surface area contributed by atoms with Crippen molar-refractivity contribution in [3.63, 3.8) is 0 Å². The maximum absolute atomic E-state index is 12.3. The van der Waals surface area contributed by atoms with E-state index < -0.39 is 0 Å². The third-order valence-corrected chi connectivity index (χ3v) is 4.12. The number of nitrogens with one attached hydrogen (secondary N) is 1. The number of allylic oxidation sites excluding steroid dienone is 3. The molecule has 2 nitrogen and oxygen atoms in total. The molecule has 1 N–H and O–H groups in total. The van der Waals surface area contributed by atoms with E-state index in [-0.39, 0.29) is 5.78 Å². The third kappa shape index (κ3) is 5.09. The van der Waals surface area contributed by atoms with Gasteiger partial charge in [-0.25, -0.2) is 0 Å². The van der Waals surface area contributed by atoms with Gasteiger partial charge in [-0.05, 0) is 55.0 Å². The summed E-state index contributed by atoms with van der Waals surface area (Å²) in [6.45, 7) is 8.40. The number of H-pyrrole nitrogens is 1. The molecule has 0 amide bonds. The van der Waals surface area contributed by atoms with Crippen molar-refractivity contribution in [1.82, 2.24) is 4.98 Å². The highest BCUT2D eigenvalue weighted by molar-refractivity contribution is 5.96. The Labute approximate surface area is 145 Å². The van der Waals surface area contributed by atoms with Crippen LogP contribution in [0.5, 0.6) is 0 Å². The Kier molecular flexibility index (Phi) is 6.36. The maximum atomic E-state index is 12.3. The number of Topliss-reactive ketones (excluding diaryl/α,β-unsaturated/α-hetero) is 1. The van der Waals surface area contributed by atoms with E-state index in [0.29, 0.717) is 12.3 Å². The molecule has 2 aromatic rings. The van der Waals surface area contributed by atoms with Crippen LogP contribution in [0.4, 0.5) is 0 Å². The Morgan fingerprint density at radius 2 is 1.92 bits per heavy atom. The van der Waals surface area contributed by atoms with E-state index in [2.05, 4.69) is 56.1 Å². The Balaban J connectivity index is 1.94. The Morgan fingerprint density at radius 3 is 2.54 bits per heavy atom. The molecule has 1 heterocycles. The first-order chi connectivity index (χ1) is 11.5. The van der Waals surface area contributed by atoms with Crippen LogP contribution in [-0.4, -0.2) is 10.8 Å². The molecular weight excluding hydrogens is 294 g/mol. The number of ketones is 1. The smallest absolute Gasteiger partial charge is 0.163 e. The van der Waals surface area contributed by atoms with Crippen LogP contribution in [0.25, 0.3) is 6.08 Å². The summed E-state index contributed by atoms with van der Waals surface area (Å²) in [7, 11) is 0. The molecule has 0 aliphatic carbocycles. The van der Waals surface area contributed by atoms with Gasteiger partial charge in [0.2, 0.25) is 0 Å². The van der Waals surface area contributed by atoms with E-state index in [9.17, 15) is 4.79 Å². The van der Waals surface area contributed by atoms with Crippen molar-refractivity contribution in [3.8, 4) is 0 Å². The number of aromatic nitrogens is 1. The average molecular weight is 321 g/mol. The lowest BCUT2D eigenvalue weighted by molar-refractivity contribution is 0.0983. The topological polar surface area (TPSA) is 32.9 Å². The van der Waals surface area contributed by atoms with Crippen molar-refractivity contribution in [1.29, 1.82) is 0 Å². The second-order valence-electron chi connectivity index (χ2n) is 6.55. The van der Waals surface area contributed by atoms with Crippen molar-refractivity contribution in [2.75, 3.05) is 0 Å². The van der Waals surface area contributed by atoms with Gasteiger partial charge in [-0.15, -0.1) is 0 Å². The summed E-state index contributed by atoms with van der Waals surface area (Å²) in [5.74, 6) is 0.695. The van der Waals surface area contributed by atoms with Crippen molar-refractivity contribution in [2.24, 2.45) is 0 Å². The Morgan fingerprint density at radius 1 is 1.21 bits per heavy atom. The summed E-state index contributed by atoms with van der Waals surface area (Å²) in [4.78, 5) is 15.6. The molecule has 0 spiro atoms. The first kappa shape index (κ1) is 18.0. The zero-order chi connectivity index (χ0) is 17.5. The summed E-state index contributed by atoms with van der Waals surface area (Å²) in [5, 5.41) is 0. The van der Waals surface area contributed by atoms with E-state index in [1.807, 2.05) is 31.3 Å². The number of rotatable bonds is 7. The van der Waals surface area contributed by atoms with Gasteiger partial charge in [-0.2, -0.15) is 0 Å². The van der Waals surface area contributed by atoms with Gasteiger partial charge >= 0.3 is 0 Å². The van der Waals surface area contributed by atoms with Gasteiger partial charge in [-0.3, -0.25) is 4.79 Å². The lowest BCUT2D eigenvalue weighted by atomic mass is 9.98. The molecule has 0 aliphatic heterocycles. The van der Waals surface area contributed by atoms with Crippen molar-refractivity contribution < 1.29 is 4.79 Å². The van der Waals surface area contributed by atoms with Crippen LogP contribution in [0.2, 0.25) is 0 Å². The zero-order valence-corrected chi connectivity index (χ0v) is 15.1. The van der Waals surface area contributed by atoms with Gasteiger partial charge < -0.3 is 4.98 Å². The molecule has 0 radical (unpaired) electrons. The van der Waals surface area contributed by atoms with Gasteiger partial charge in [0, 0.05) is 23.9 Å². The molecule has 0 saturated carbocycles. The molecule has 0 fully saturated rings. The van der Waals surface area contributed by atoms with Gasteiger partial charge in [-0.1, -0.05) is 50.3 Å². The number of carbonyl (C=O) groups is 1. The van der Waals surface area contributed by atoms with Crippen LogP contribution in [0.15, 0.2) is 54.3 Å². The van der Waals surface area contributed by atoms with Crippen LogP contribution >= 0.6 is 0 Å². The molecule has 24 heavy (non-hydrogen) atoms. The lowest BCUT2D eigenvalue weighted by Crippen LogP contribution is -2.01. The van der Waals surface area contributed by atoms with Gasteiger partial charge in [0.25, 0.3) is 0 Å². The fraction of sp³-hybridized carbons (Fsp3) is 0.318. The SMILES string of the molecule is C/C=C\C(C)=C/c1cc(CCC(=O)c2ccc(C(C)C)cc2)c[nH]1. The minimum atomic E-state index is 0.202. The third-order valence-electron chi connectivity index (χ3n) is 4.12. The first-order valence-corrected chi connectivity index (χ1v) is 8.61. The largest absolute Gasteiger partial charge is 0.361 e. The number of hydrogen-bond acceptors (Lipinski definition) is 1. The van der Waals surface area contributed by atoms with Gasteiger partial charge in [0.05, 0.1) is 0 Å². The number of benzene rings is 1. The zero-order valence-electron chi connectivity index (χ0n) is 15.1. The monoisotopic (exact) mass is 321 g/mol. The quantitative estimate of drug-likeness (QED) is 0.497. The number of aromatic amines is 1. The molecule has 1 aromatic carbocycles. The molecule has 126 valence electrons. The molecule has 0 saturated heterocycles. The number of carbonyl (C=O) groups excluding carboxylic acids is 1. The molecule has 2 rings (SSSR count). The minimum absolute atomic E-state index is 0.202. The van der Waals surface area contributed by atoms with Gasteiger partial charge in [0.1, 0.15) is 0 Å². The lowest BCUT2D eigenvalue weighted by Gasteiger charge is -2.06. The van der Waals surface area contributed by atoms with E-state index in [1.165, 1.54) is 16.7 Å². The van der Waals surface area contributed by atoms with Crippen LogP contribution in [0.3, 0.4) is 0 Å². The van der Waals surface area contributed by atoms with E-state index in [0.717, 1.165) is 17.7 Å². The molecule has 0 atom stereocenters. The maximum Gasteiger partial charge on any atom is 0.163 e. The second-order valence-corrected chi connectivity index (χ2v) is 6.55. The van der Waals surface area contributed by atoms with E-state index in [4.69, 9.17) is 0 Å². The average Bonchev–Trinajstić information content (AvgIpc) is 3.00. The Hall–Kier alpha value is -2.35. The van der Waals surface area contributed by atoms with Crippen LogP contribution in [-0.2, 0) is 6.42 Å². The first-order valence-electron chi connectivity index (χ1n) is 8.61. The Bertz CT molecular complexity index is 730. The van der Waals surface area contributed by atoms with Crippen molar-refractivity contribution >= 4 is 11.9 Å². The summed E-state index contributed by atoms with van der Waals surface area (Å²) in [6.07, 6.45) is 9.50. The standard InChI is InChI=1S/C22H27NO/c1-5-6-17(4)13-21-14-18(15-23-21)7-12-22(24)20-10-8-19(9-11-20)16(2)3/h5-6,8-11,13-16,23H,7,12H2,1-4H3/b6-5-,17-13-. The van der Waals surface area contributed by atoms with E-state index in [1.54, 1.807) is 0 Å². The molecular formula is C22H27NO. The molecule has 2 heteroatoms. The van der Waals surface area contributed by atoms with Gasteiger partial charge in [0.15, 0.2) is 5.78 Å². The van der Waals surface area contributed by atoms with Crippen LogP contribution in [0, 0.1) is 0 Å². The fourth-order valence-corrected chi connectivity index (χ4v) is 2.70.